The number of rotatable bonds is 5. The molecule has 1 heterocycles. The Balaban J connectivity index is 1.55. The van der Waals surface area contributed by atoms with Gasteiger partial charge in [-0.3, -0.25) is 9.89 Å². The number of alkyl halides is 3. The Bertz CT molecular complexity index is 842. The molecule has 9 heteroatoms. The number of nitrogens with zero attached hydrogens (tertiary/aromatic N) is 2. The van der Waals surface area contributed by atoms with E-state index in [2.05, 4.69) is 15.5 Å². The quantitative estimate of drug-likeness (QED) is 0.795. The molecule has 0 saturated heterocycles. The van der Waals surface area contributed by atoms with Gasteiger partial charge in [-0.25, -0.2) is 0 Å². The zero-order valence-electron chi connectivity index (χ0n) is 13.4. The fourth-order valence-electron chi connectivity index (χ4n) is 2.88. The molecule has 2 atom stereocenters. The Morgan fingerprint density at radius 1 is 1.48 bits per heavy atom. The van der Waals surface area contributed by atoms with Crippen LogP contribution in [0.2, 0.25) is 0 Å². The van der Waals surface area contributed by atoms with Crippen molar-refractivity contribution < 1.29 is 18.0 Å². The van der Waals surface area contributed by atoms with Gasteiger partial charge >= 0.3 is 6.18 Å². The monoisotopic (exact) mass is 370 g/mol. The molecule has 0 aliphatic heterocycles. The number of H-pyrrole nitrogens is 1. The molecule has 0 bridgehead atoms. The Morgan fingerprint density at radius 3 is 2.88 bits per heavy atom. The Morgan fingerprint density at radius 2 is 2.24 bits per heavy atom. The molecule has 5 nitrogen and oxygen atoms in total. The lowest BCUT2D eigenvalue weighted by atomic mass is 10.1. The van der Waals surface area contributed by atoms with Gasteiger partial charge in [0.15, 0.2) is 4.77 Å². The zero-order chi connectivity index (χ0) is 18.2. The van der Waals surface area contributed by atoms with Gasteiger partial charge in [0.25, 0.3) is 0 Å². The maximum atomic E-state index is 12.8. The first kappa shape index (κ1) is 17.7. The molecule has 1 aromatic heterocycles. The number of carbonyl (C=O) groups is 1. The van der Waals surface area contributed by atoms with E-state index < -0.39 is 11.7 Å². The number of amides is 1. The summed E-state index contributed by atoms with van der Waals surface area (Å²) in [6, 6.07) is 5.19. The SMILES string of the molecule is Cc1n[nH]c(=S)n1CCNC(=O)[C@@H]1C[C@@H]1c1cccc(C(F)(F)F)c1. The molecule has 1 amide bonds. The highest BCUT2D eigenvalue weighted by Crippen LogP contribution is 2.48. The number of carbonyl (C=O) groups excluding carboxylic acids is 1. The second-order valence-electron chi connectivity index (χ2n) is 6.09. The molecule has 1 saturated carbocycles. The summed E-state index contributed by atoms with van der Waals surface area (Å²) in [4.78, 5) is 12.2. The average Bonchev–Trinajstić information content (AvgIpc) is 3.30. The van der Waals surface area contributed by atoms with E-state index in [0.29, 0.717) is 29.8 Å². The maximum absolute atomic E-state index is 12.8. The van der Waals surface area contributed by atoms with Crippen molar-refractivity contribution >= 4 is 18.1 Å². The van der Waals surface area contributed by atoms with Gasteiger partial charge in [-0.1, -0.05) is 18.2 Å². The van der Waals surface area contributed by atoms with E-state index in [1.807, 2.05) is 0 Å². The third kappa shape index (κ3) is 3.92. The fraction of sp³-hybridized carbons (Fsp3) is 0.438. The number of hydrogen-bond donors (Lipinski definition) is 2. The van der Waals surface area contributed by atoms with E-state index in [1.165, 1.54) is 6.07 Å². The molecule has 1 aliphatic carbocycles. The van der Waals surface area contributed by atoms with Crippen molar-refractivity contribution in [2.24, 2.45) is 5.92 Å². The van der Waals surface area contributed by atoms with Crippen LogP contribution in [0.4, 0.5) is 13.2 Å². The second-order valence-corrected chi connectivity index (χ2v) is 6.48. The van der Waals surface area contributed by atoms with Crippen molar-refractivity contribution in [3.05, 3.63) is 46.0 Å². The predicted molar refractivity (Wildman–Crippen MR) is 87.5 cm³/mol. The van der Waals surface area contributed by atoms with Crippen LogP contribution in [0.3, 0.4) is 0 Å². The van der Waals surface area contributed by atoms with Crippen molar-refractivity contribution in [1.29, 1.82) is 0 Å². The summed E-state index contributed by atoms with van der Waals surface area (Å²) in [5, 5.41) is 9.46. The molecule has 3 rings (SSSR count). The van der Waals surface area contributed by atoms with E-state index in [-0.39, 0.29) is 17.7 Å². The lowest BCUT2D eigenvalue weighted by molar-refractivity contribution is -0.137. The van der Waals surface area contributed by atoms with Crippen molar-refractivity contribution in [3.8, 4) is 0 Å². The Labute approximate surface area is 147 Å². The second kappa shape index (κ2) is 6.62. The number of aryl methyl sites for hydroxylation is 1. The third-order valence-electron chi connectivity index (χ3n) is 4.35. The van der Waals surface area contributed by atoms with E-state index in [0.717, 1.165) is 18.0 Å². The van der Waals surface area contributed by atoms with Crippen LogP contribution in [0, 0.1) is 17.6 Å². The van der Waals surface area contributed by atoms with Gasteiger partial charge in [0.2, 0.25) is 5.91 Å². The van der Waals surface area contributed by atoms with Gasteiger partial charge in [-0.15, -0.1) is 0 Å². The first-order valence-electron chi connectivity index (χ1n) is 7.84. The van der Waals surface area contributed by atoms with Crippen LogP contribution in [0.25, 0.3) is 0 Å². The molecular weight excluding hydrogens is 353 g/mol. The number of nitrogens with one attached hydrogen (secondary N) is 2. The summed E-state index contributed by atoms with van der Waals surface area (Å²) in [6.45, 7) is 2.69. The Hall–Kier alpha value is -2.16. The predicted octanol–water partition coefficient (Wildman–Crippen LogP) is 3.19. The molecule has 2 aromatic rings. The molecular formula is C16H17F3N4OS. The topological polar surface area (TPSA) is 62.7 Å². The first-order chi connectivity index (χ1) is 11.8. The van der Waals surface area contributed by atoms with Crippen molar-refractivity contribution in [3.63, 3.8) is 0 Å². The smallest absolute Gasteiger partial charge is 0.354 e. The minimum absolute atomic E-state index is 0.143. The largest absolute Gasteiger partial charge is 0.416 e. The molecule has 0 radical (unpaired) electrons. The molecule has 25 heavy (non-hydrogen) atoms. The van der Waals surface area contributed by atoms with E-state index in [9.17, 15) is 18.0 Å². The van der Waals surface area contributed by atoms with E-state index in [4.69, 9.17) is 12.2 Å². The first-order valence-corrected chi connectivity index (χ1v) is 8.25. The summed E-state index contributed by atoms with van der Waals surface area (Å²) in [6.07, 6.45) is -3.80. The summed E-state index contributed by atoms with van der Waals surface area (Å²) >= 11 is 5.08. The minimum Gasteiger partial charge on any atom is -0.354 e. The highest BCUT2D eigenvalue weighted by Gasteiger charge is 2.44. The number of benzene rings is 1. The fourth-order valence-corrected chi connectivity index (χ4v) is 3.15. The van der Waals surface area contributed by atoms with Crippen LogP contribution in [-0.4, -0.2) is 27.2 Å². The molecule has 134 valence electrons. The van der Waals surface area contributed by atoms with Crippen LogP contribution in [0.1, 0.15) is 29.3 Å². The average molecular weight is 370 g/mol. The number of hydrogen-bond acceptors (Lipinski definition) is 3. The van der Waals surface area contributed by atoms with Crippen LogP contribution < -0.4 is 5.32 Å². The number of aromatic nitrogens is 3. The lowest BCUT2D eigenvalue weighted by Gasteiger charge is -2.09. The summed E-state index contributed by atoms with van der Waals surface area (Å²) in [5.74, 6) is 0.157. The highest BCUT2D eigenvalue weighted by atomic mass is 32.1. The Kier molecular flexibility index (Phi) is 4.68. The molecule has 0 spiro atoms. The van der Waals surface area contributed by atoms with Gasteiger partial charge in [-0.05, 0) is 43.1 Å². The van der Waals surface area contributed by atoms with Gasteiger partial charge in [0, 0.05) is 19.0 Å². The van der Waals surface area contributed by atoms with E-state index >= 15 is 0 Å². The summed E-state index contributed by atoms with van der Waals surface area (Å²) in [7, 11) is 0. The lowest BCUT2D eigenvalue weighted by Crippen LogP contribution is -2.29. The third-order valence-corrected chi connectivity index (χ3v) is 4.66. The molecule has 2 N–H and O–H groups in total. The van der Waals surface area contributed by atoms with Crippen LogP contribution in [0.5, 0.6) is 0 Å². The molecule has 1 aromatic carbocycles. The molecule has 1 fully saturated rings. The summed E-state index contributed by atoms with van der Waals surface area (Å²) in [5.41, 5.74) is -0.122. The standard InChI is InChI=1S/C16H17F3N4OS/c1-9-21-22-15(25)23(9)6-5-20-14(24)13-8-12(13)10-3-2-4-11(7-10)16(17,18)19/h2-4,7,12-13H,5-6,8H2,1H3,(H,20,24)(H,22,25)/t12-,13-/m1/s1. The zero-order valence-corrected chi connectivity index (χ0v) is 14.2. The number of halogens is 3. The molecule has 0 unspecified atom stereocenters. The highest BCUT2D eigenvalue weighted by molar-refractivity contribution is 7.71. The van der Waals surface area contributed by atoms with Gasteiger partial charge in [0.05, 0.1) is 5.56 Å². The van der Waals surface area contributed by atoms with Gasteiger partial charge in [0.1, 0.15) is 5.82 Å². The van der Waals surface area contributed by atoms with E-state index in [1.54, 1.807) is 17.6 Å². The minimum atomic E-state index is -4.37. The van der Waals surface area contributed by atoms with Crippen LogP contribution in [-0.2, 0) is 17.5 Å². The normalized spacial score (nSPS) is 19.7. The van der Waals surface area contributed by atoms with Crippen molar-refractivity contribution in [2.45, 2.75) is 32.0 Å². The molecule has 1 aliphatic rings. The van der Waals surface area contributed by atoms with Crippen LogP contribution in [0.15, 0.2) is 24.3 Å². The maximum Gasteiger partial charge on any atom is 0.416 e. The van der Waals surface area contributed by atoms with Gasteiger partial charge < -0.3 is 9.88 Å². The van der Waals surface area contributed by atoms with Crippen molar-refractivity contribution in [2.75, 3.05) is 6.54 Å². The number of aromatic amines is 1. The van der Waals surface area contributed by atoms with Crippen LogP contribution >= 0.6 is 12.2 Å². The van der Waals surface area contributed by atoms with Gasteiger partial charge in [-0.2, -0.15) is 18.3 Å². The summed E-state index contributed by atoms with van der Waals surface area (Å²) < 4.78 is 40.6. The van der Waals surface area contributed by atoms with Crippen molar-refractivity contribution in [1.82, 2.24) is 20.1 Å².